The van der Waals surface area contributed by atoms with Crippen LogP contribution in [0.5, 0.6) is 17.2 Å². The number of nitrogens with one attached hydrogen (secondary N) is 1. The molecular formula is C32H42FN3O4. The quantitative estimate of drug-likeness (QED) is 0.377. The van der Waals surface area contributed by atoms with Gasteiger partial charge in [-0.1, -0.05) is 20.8 Å². The Morgan fingerprint density at radius 2 is 1.73 bits per heavy atom. The Morgan fingerprint density at radius 3 is 2.30 bits per heavy atom. The van der Waals surface area contributed by atoms with Crippen molar-refractivity contribution in [2.75, 3.05) is 44.9 Å². The van der Waals surface area contributed by atoms with Crippen molar-refractivity contribution < 1.29 is 23.4 Å². The second-order valence-corrected chi connectivity index (χ2v) is 12.7. The van der Waals surface area contributed by atoms with Gasteiger partial charge in [-0.15, -0.1) is 0 Å². The second-order valence-electron chi connectivity index (χ2n) is 12.7. The molecular weight excluding hydrogens is 509 g/mol. The number of benzene rings is 2. The Labute approximate surface area is 237 Å². The average molecular weight is 552 g/mol. The number of Topliss-reactive ketones (excluding diaryl/α,β-unsaturated/α-hetero) is 1. The van der Waals surface area contributed by atoms with Crippen LogP contribution in [0.1, 0.15) is 81.9 Å². The highest BCUT2D eigenvalue weighted by molar-refractivity contribution is 6.07. The van der Waals surface area contributed by atoms with E-state index < -0.39 is 11.4 Å². The van der Waals surface area contributed by atoms with Crippen LogP contribution in [0.2, 0.25) is 0 Å². The summed E-state index contributed by atoms with van der Waals surface area (Å²) >= 11 is 0. The number of amidine groups is 1. The van der Waals surface area contributed by atoms with E-state index in [0.29, 0.717) is 23.5 Å². The molecule has 1 saturated carbocycles. The molecule has 2 unspecified atom stereocenters. The molecule has 0 radical (unpaired) electrons. The number of ether oxygens (including phenoxy) is 3. The SMILES string of the molecule is CCOc1cc2c(c(F)c1OCC)C(=N)N(CC(=O)c1cc(N3CC4CC4C3)c(OC)c(C(C)(C)C)c1)C2(C)C. The number of carbonyl (C=O) groups excluding carboxylic acids is 1. The Balaban J connectivity index is 1.52. The topological polar surface area (TPSA) is 75.1 Å². The highest BCUT2D eigenvalue weighted by Crippen LogP contribution is 2.50. The third kappa shape index (κ3) is 4.59. The second kappa shape index (κ2) is 9.96. The van der Waals surface area contributed by atoms with Crippen molar-refractivity contribution >= 4 is 17.3 Å². The van der Waals surface area contributed by atoms with Crippen LogP contribution in [0, 0.1) is 23.1 Å². The normalized spacial score (nSPS) is 20.9. The van der Waals surface area contributed by atoms with E-state index in [-0.39, 0.29) is 41.5 Å². The molecule has 2 aliphatic heterocycles. The maximum atomic E-state index is 15.8. The zero-order chi connectivity index (χ0) is 29.1. The lowest BCUT2D eigenvalue weighted by atomic mass is 9.84. The summed E-state index contributed by atoms with van der Waals surface area (Å²) in [4.78, 5) is 18.0. The molecule has 0 amide bonds. The van der Waals surface area contributed by atoms with E-state index in [0.717, 1.165) is 41.9 Å². The van der Waals surface area contributed by atoms with Gasteiger partial charge in [-0.25, -0.2) is 4.39 Å². The standard InChI is InChI=1S/C32H42FN3O4/c1-9-39-25-14-21-26(27(33)29(25)40-10-2)30(34)36(32(21,6)7)17-24(37)18-12-22(31(3,4)5)28(38-8)23(13-18)35-15-19-11-20(19)16-35/h12-14,19-20,34H,9-11,15-17H2,1-8H3. The molecule has 1 N–H and O–H groups in total. The number of halogens is 1. The van der Waals surface area contributed by atoms with E-state index in [2.05, 4.69) is 25.7 Å². The molecule has 8 heteroatoms. The van der Waals surface area contributed by atoms with Gasteiger partial charge >= 0.3 is 0 Å². The molecule has 1 saturated heterocycles. The predicted octanol–water partition coefficient (Wildman–Crippen LogP) is 6.14. The highest BCUT2D eigenvalue weighted by atomic mass is 19.1. The van der Waals surface area contributed by atoms with Crippen LogP contribution in [-0.4, -0.2) is 56.5 Å². The lowest BCUT2D eigenvalue weighted by Gasteiger charge is -2.34. The summed E-state index contributed by atoms with van der Waals surface area (Å²) in [6, 6.07) is 5.64. The third-order valence-electron chi connectivity index (χ3n) is 8.64. The monoisotopic (exact) mass is 551 g/mol. The van der Waals surface area contributed by atoms with E-state index in [1.165, 1.54) is 6.42 Å². The van der Waals surface area contributed by atoms with Gasteiger partial charge in [0.05, 0.1) is 43.7 Å². The van der Waals surface area contributed by atoms with Gasteiger partial charge in [0.15, 0.2) is 23.1 Å². The number of ketones is 1. The van der Waals surface area contributed by atoms with Crippen LogP contribution >= 0.6 is 0 Å². The highest BCUT2D eigenvalue weighted by Gasteiger charge is 2.47. The summed E-state index contributed by atoms with van der Waals surface area (Å²) in [5.41, 5.74) is 2.22. The van der Waals surface area contributed by atoms with Crippen LogP contribution in [-0.2, 0) is 11.0 Å². The summed E-state index contributed by atoms with van der Waals surface area (Å²) in [6.45, 7) is 16.3. The van der Waals surface area contributed by atoms with Crippen LogP contribution < -0.4 is 19.1 Å². The van der Waals surface area contributed by atoms with Crippen molar-refractivity contribution in [3.8, 4) is 17.2 Å². The maximum Gasteiger partial charge on any atom is 0.197 e. The number of carbonyl (C=O) groups is 1. The molecule has 2 aromatic carbocycles. The largest absolute Gasteiger partial charge is 0.494 e. The summed E-state index contributed by atoms with van der Waals surface area (Å²) in [6.07, 6.45) is 1.28. The minimum Gasteiger partial charge on any atom is -0.494 e. The molecule has 1 aliphatic carbocycles. The van der Waals surface area contributed by atoms with Gasteiger partial charge in [-0.2, -0.15) is 0 Å². The average Bonchev–Trinajstić information content (AvgIpc) is 3.45. The van der Waals surface area contributed by atoms with Crippen molar-refractivity contribution in [3.05, 3.63) is 46.3 Å². The van der Waals surface area contributed by atoms with Crippen LogP contribution in [0.15, 0.2) is 18.2 Å². The summed E-state index contributed by atoms with van der Waals surface area (Å²) in [7, 11) is 1.69. The Kier molecular flexibility index (Phi) is 7.04. The van der Waals surface area contributed by atoms with E-state index in [1.807, 2.05) is 32.9 Å². The summed E-state index contributed by atoms with van der Waals surface area (Å²) in [5.74, 6) is 1.82. The fourth-order valence-electron chi connectivity index (χ4n) is 6.31. The first-order valence-electron chi connectivity index (χ1n) is 14.3. The van der Waals surface area contributed by atoms with Crippen LogP contribution in [0.3, 0.4) is 0 Å². The molecule has 2 fully saturated rings. The Morgan fingerprint density at radius 1 is 1.07 bits per heavy atom. The Bertz CT molecular complexity index is 1350. The Hall–Kier alpha value is -3.29. The van der Waals surface area contributed by atoms with Gasteiger partial charge < -0.3 is 24.0 Å². The number of anilines is 1. The maximum absolute atomic E-state index is 15.8. The van der Waals surface area contributed by atoms with Crippen molar-refractivity contribution in [1.82, 2.24) is 4.90 Å². The van der Waals surface area contributed by atoms with Crippen LogP contribution in [0.25, 0.3) is 0 Å². The number of hydrogen-bond donors (Lipinski definition) is 1. The van der Waals surface area contributed by atoms with E-state index in [1.54, 1.807) is 25.0 Å². The number of methoxy groups -OCH3 is 1. The first kappa shape index (κ1) is 28.2. The molecule has 2 heterocycles. The number of rotatable bonds is 9. The molecule has 0 aromatic heterocycles. The molecule has 2 atom stereocenters. The van der Waals surface area contributed by atoms with Gasteiger partial charge in [-0.05, 0) is 75.1 Å². The first-order chi connectivity index (χ1) is 18.8. The molecule has 5 rings (SSSR count). The fourth-order valence-corrected chi connectivity index (χ4v) is 6.31. The van der Waals surface area contributed by atoms with Crippen molar-refractivity contribution in [2.45, 2.75) is 65.8 Å². The van der Waals surface area contributed by atoms with Crippen molar-refractivity contribution in [3.63, 3.8) is 0 Å². The number of hydrogen-bond acceptors (Lipinski definition) is 6. The fraction of sp³-hybridized carbons (Fsp3) is 0.562. The molecule has 40 heavy (non-hydrogen) atoms. The van der Waals surface area contributed by atoms with Crippen molar-refractivity contribution in [2.24, 2.45) is 11.8 Å². The smallest absolute Gasteiger partial charge is 0.197 e. The summed E-state index contributed by atoms with van der Waals surface area (Å²) < 4.78 is 33.1. The number of nitrogens with zero attached hydrogens (tertiary/aromatic N) is 2. The molecule has 7 nitrogen and oxygen atoms in total. The third-order valence-corrected chi connectivity index (χ3v) is 8.64. The first-order valence-corrected chi connectivity index (χ1v) is 14.3. The zero-order valence-corrected chi connectivity index (χ0v) is 25.0. The van der Waals surface area contributed by atoms with Gasteiger partial charge in [0.25, 0.3) is 0 Å². The molecule has 2 aromatic rings. The number of fused-ring (bicyclic) bond motifs is 2. The van der Waals surface area contributed by atoms with E-state index in [4.69, 9.17) is 19.6 Å². The number of piperidine rings is 1. The van der Waals surface area contributed by atoms with Crippen LogP contribution in [0.4, 0.5) is 10.1 Å². The van der Waals surface area contributed by atoms with E-state index >= 15 is 4.39 Å². The molecule has 0 spiro atoms. The summed E-state index contributed by atoms with van der Waals surface area (Å²) in [5, 5.41) is 8.96. The lowest BCUT2D eigenvalue weighted by molar-refractivity contribution is 0.0920. The molecule has 216 valence electrons. The minimum absolute atomic E-state index is 0.00936. The van der Waals surface area contributed by atoms with Crippen molar-refractivity contribution in [1.29, 1.82) is 5.41 Å². The van der Waals surface area contributed by atoms with E-state index in [9.17, 15) is 4.79 Å². The zero-order valence-electron chi connectivity index (χ0n) is 25.0. The minimum atomic E-state index is -0.808. The van der Waals surface area contributed by atoms with Gasteiger partial charge in [-0.3, -0.25) is 10.2 Å². The van der Waals surface area contributed by atoms with Gasteiger partial charge in [0, 0.05) is 24.2 Å². The molecule has 3 aliphatic rings. The molecule has 0 bridgehead atoms. The lowest BCUT2D eigenvalue weighted by Crippen LogP contribution is -2.42. The van der Waals surface area contributed by atoms with Gasteiger partial charge in [0.1, 0.15) is 11.6 Å². The van der Waals surface area contributed by atoms with Gasteiger partial charge in [0.2, 0.25) is 0 Å². The predicted molar refractivity (Wildman–Crippen MR) is 155 cm³/mol.